The first-order valence-corrected chi connectivity index (χ1v) is 6.76. The molecule has 0 saturated carbocycles. The number of unbranched alkanes of at least 4 members (excludes halogenated alkanes) is 2. The first-order valence-electron chi connectivity index (χ1n) is 6.38. The lowest BCUT2D eigenvalue weighted by atomic mass is 10.1. The van der Waals surface area contributed by atoms with Crippen molar-refractivity contribution in [2.45, 2.75) is 32.1 Å². The zero-order valence-corrected chi connectivity index (χ0v) is 11.3. The van der Waals surface area contributed by atoms with Crippen molar-refractivity contribution in [1.82, 2.24) is 0 Å². The zero-order chi connectivity index (χ0) is 13.8. The van der Waals surface area contributed by atoms with E-state index in [1.165, 1.54) is 0 Å². The molecule has 0 atom stereocenters. The van der Waals surface area contributed by atoms with Crippen molar-refractivity contribution in [2.75, 3.05) is 11.4 Å². The third-order valence-corrected chi connectivity index (χ3v) is 3.49. The van der Waals surface area contributed by atoms with E-state index in [-0.39, 0.29) is 12.3 Å². The fourth-order valence-corrected chi connectivity index (χ4v) is 2.46. The van der Waals surface area contributed by atoms with Crippen LogP contribution in [-0.4, -0.2) is 23.5 Å². The molecule has 19 heavy (non-hydrogen) atoms. The Morgan fingerprint density at radius 3 is 2.84 bits per heavy atom. The first kappa shape index (κ1) is 13.9. The number of halogens is 1. The summed E-state index contributed by atoms with van der Waals surface area (Å²) in [6.45, 7) is 0.631. The van der Waals surface area contributed by atoms with Crippen LogP contribution in [0.5, 0.6) is 0 Å². The van der Waals surface area contributed by atoms with Gasteiger partial charge in [-0.2, -0.15) is 0 Å². The van der Waals surface area contributed by atoms with Crippen LogP contribution < -0.4 is 4.90 Å². The van der Waals surface area contributed by atoms with Crippen LogP contribution in [0.3, 0.4) is 0 Å². The molecule has 1 amide bonds. The van der Waals surface area contributed by atoms with E-state index in [2.05, 4.69) is 0 Å². The fourth-order valence-electron chi connectivity index (χ4n) is 2.30. The van der Waals surface area contributed by atoms with Gasteiger partial charge in [0.15, 0.2) is 0 Å². The molecule has 0 spiro atoms. The number of carboxylic acids is 1. The van der Waals surface area contributed by atoms with E-state index in [4.69, 9.17) is 16.7 Å². The van der Waals surface area contributed by atoms with Gasteiger partial charge in [-0.05, 0) is 30.5 Å². The highest BCUT2D eigenvalue weighted by atomic mass is 35.5. The van der Waals surface area contributed by atoms with Crippen molar-refractivity contribution in [3.8, 4) is 0 Å². The molecule has 0 aromatic heterocycles. The Labute approximate surface area is 117 Å². The Bertz CT molecular complexity index is 501. The summed E-state index contributed by atoms with van der Waals surface area (Å²) in [5.41, 5.74) is 1.91. The molecule has 1 aromatic carbocycles. The molecule has 1 aliphatic rings. The quantitative estimate of drug-likeness (QED) is 0.816. The largest absolute Gasteiger partial charge is 0.481 e. The molecule has 4 nitrogen and oxygen atoms in total. The standard InChI is InChI=1S/C14H16ClNO3/c15-11-6-5-10-8-13(17)16(12(10)9-11)7-3-1-2-4-14(18)19/h5-6,9H,1-4,7-8H2,(H,18,19). The lowest BCUT2D eigenvalue weighted by molar-refractivity contribution is -0.137. The van der Waals surface area contributed by atoms with Crippen LogP contribution in [0.15, 0.2) is 18.2 Å². The normalized spacial score (nSPS) is 13.7. The number of carboxylic acid groups (broad SMARTS) is 1. The summed E-state index contributed by atoms with van der Waals surface area (Å²) in [6, 6.07) is 5.50. The number of amides is 1. The van der Waals surface area contributed by atoms with Gasteiger partial charge in [0, 0.05) is 23.7 Å². The minimum Gasteiger partial charge on any atom is -0.481 e. The van der Waals surface area contributed by atoms with Crippen LogP contribution in [0.4, 0.5) is 5.69 Å². The van der Waals surface area contributed by atoms with E-state index in [0.29, 0.717) is 24.4 Å². The SMILES string of the molecule is O=C(O)CCCCCN1C(=O)Cc2ccc(Cl)cc21. The lowest BCUT2D eigenvalue weighted by Gasteiger charge is -2.17. The van der Waals surface area contributed by atoms with Crippen LogP contribution in [0.25, 0.3) is 0 Å². The monoisotopic (exact) mass is 281 g/mol. The van der Waals surface area contributed by atoms with E-state index >= 15 is 0 Å². The molecule has 1 aromatic rings. The summed E-state index contributed by atoms with van der Waals surface area (Å²) < 4.78 is 0. The van der Waals surface area contributed by atoms with Crippen molar-refractivity contribution in [1.29, 1.82) is 0 Å². The Morgan fingerprint density at radius 2 is 2.11 bits per heavy atom. The Kier molecular flexibility index (Phi) is 4.43. The summed E-state index contributed by atoms with van der Waals surface area (Å²) in [5, 5.41) is 9.18. The second kappa shape index (κ2) is 6.06. The van der Waals surface area contributed by atoms with Gasteiger partial charge < -0.3 is 10.0 Å². The van der Waals surface area contributed by atoms with Gasteiger partial charge in [0.1, 0.15) is 0 Å². The summed E-state index contributed by atoms with van der Waals surface area (Å²) in [7, 11) is 0. The number of anilines is 1. The number of benzene rings is 1. The second-order valence-corrected chi connectivity index (χ2v) is 5.14. The van der Waals surface area contributed by atoms with Gasteiger partial charge in [0.2, 0.25) is 5.91 Å². The van der Waals surface area contributed by atoms with E-state index in [1.807, 2.05) is 12.1 Å². The fraction of sp³-hybridized carbons (Fsp3) is 0.429. The number of nitrogens with zero attached hydrogens (tertiary/aromatic N) is 1. The summed E-state index contributed by atoms with van der Waals surface area (Å²) >= 11 is 5.95. The minimum atomic E-state index is -0.769. The lowest BCUT2D eigenvalue weighted by Crippen LogP contribution is -2.27. The van der Waals surface area contributed by atoms with Gasteiger partial charge in [-0.1, -0.05) is 24.1 Å². The average Bonchev–Trinajstić information content (AvgIpc) is 2.65. The Balaban J connectivity index is 1.89. The predicted molar refractivity (Wildman–Crippen MR) is 73.6 cm³/mol. The van der Waals surface area contributed by atoms with Crippen LogP contribution in [-0.2, 0) is 16.0 Å². The molecule has 0 unspecified atom stereocenters. The van der Waals surface area contributed by atoms with Gasteiger partial charge in [0.25, 0.3) is 0 Å². The number of hydrogen-bond acceptors (Lipinski definition) is 2. The maximum Gasteiger partial charge on any atom is 0.303 e. The van der Waals surface area contributed by atoms with E-state index in [1.54, 1.807) is 11.0 Å². The maximum absolute atomic E-state index is 11.9. The highest BCUT2D eigenvalue weighted by molar-refractivity contribution is 6.31. The van der Waals surface area contributed by atoms with Crippen LogP contribution in [0.1, 0.15) is 31.2 Å². The third kappa shape index (κ3) is 3.47. The van der Waals surface area contributed by atoms with E-state index in [0.717, 1.165) is 24.1 Å². The van der Waals surface area contributed by atoms with Crippen molar-refractivity contribution < 1.29 is 14.7 Å². The molecule has 5 heteroatoms. The van der Waals surface area contributed by atoms with Gasteiger partial charge in [0.05, 0.1) is 6.42 Å². The molecule has 0 fully saturated rings. The van der Waals surface area contributed by atoms with Crippen molar-refractivity contribution in [3.63, 3.8) is 0 Å². The van der Waals surface area contributed by atoms with Gasteiger partial charge in [-0.15, -0.1) is 0 Å². The first-order chi connectivity index (χ1) is 9.08. The van der Waals surface area contributed by atoms with Crippen molar-refractivity contribution >= 4 is 29.2 Å². The van der Waals surface area contributed by atoms with Crippen molar-refractivity contribution in [3.05, 3.63) is 28.8 Å². The molecule has 1 aliphatic heterocycles. The average molecular weight is 282 g/mol. The van der Waals surface area contributed by atoms with Crippen LogP contribution >= 0.6 is 11.6 Å². The summed E-state index contributed by atoms with van der Waals surface area (Å²) in [5.74, 6) is -0.676. The zero-order valence-electron chi connectivity index (χ0n) is 10.6. The summed E-state index contributed by atoms with van der Waals surface area (Å²) in [4.78, 5) is 24.0. The van der Waals surface area contributed by atoms with Gasteiger partial charge in [-0.3, -0.25) is 9.59 Å². The van der Waals surface area contributed by atoms with Crippen LogP contribution in [0, 0.1) is 0 Å². The molecule has 0 radical (unpaired) electrons. The van der Waals surface area contributed by atoms with Gasteiger partial charge in [-0.25, -0.2) is 0 Å². The number of rotatable bonds is 6. The molecule has 0 aliphatic carbocycles. The highest BCUT2D eigenvalue weighted by Gasteiger charge is 2.26. The number of aliphatic carboxylic acids is 1. The minimum absolute atomic E-state index is 0.0931. The predicted octanol–water partition coefficient (Wildman–Crippen LogP) is 2.87. The molecule has 1 heterocycles. The third-order valence-electron chi connectivity index (χ3n) is 3.25. The van der Waals surface area contributed by atoms with Gasteiger partial charge >= 0.3 is 5.97 Å². The van der Waals surface area contributed by atoms with Crippen molar-refractivity contribution in [2.24, 2.45) is 0 Å². The molecule has 0 bridgehead atoms. The topological polar surface area (TPSA) is 57.6 Å². The number of carbonyl (C=O) groups excluding carboxylic acids is 1. The molecule has 2 rings (SSSR count). The second-order valence-electron chi connectivity index (χ2n) is 4.70. The number of fused-ring (bicyclic) bond motifs is 1. The highest BCUT2D eigenvalue weighted by Crippen LogP contribution is 2.31. The molecule has 102 valence electrons. The van der Waals surface area contributed by atoms with Crippen LogP contribution in [0.2, 0.25) is 5.02 Å². The maximum atomic E-state index is 11.9. The molecule has 1 N–H and O–H groups in total. The number of hydrogen-bond donors (Lipinski definition) is 1. The summed E-state index contributed by atoms with van der Waals surface area (Å²) in [6.07, 6.45) is 2.90. The smallest absolute Gasteiger partial charge is 0.303 e. The Morgan fingerprint density at radius 1 is 1.32 bits per heavy atom. The molecular formula is C14H16ClNO3. The number of carbonyl (C=O) groups is 2. The molecular weight excluding hydrogens is 266 g/mol. The Hall–Kier alpha value is -1.55. The van der Waals surface area contributed by atoms with E-state index < -0.39 is 5.97 Å². The van der Waals surface area contributed by atoms with E-state index in [9.17, 15) is 9.59 Å². The molecule has 0 saturated heterocycles.